The molecule has 7 heteroatoms. The Balaban J connectivity index is 1.71. The Hall–Kier alpha value is -2.54. The van der Waals surface area contributed by atoms with E-state index in [2.05, 4.69) is 20.3 Å². The summed E-state index contributed by atoms with van der Waals surface area (Å²) in [5.41, 5.74) is 1.85. The molecule has 0 radical (unpaired) electrons. The summed E-state index contributed by atoms with van der Waals surface area (Å²) in [7, 11) is 3.48. The second kappa shape index (κ2) is 7.35. The maximum atomic E-state index is 5.82. The first kappa shape index (κ1) is 16.3. The van der Waals surface area contributed by atoms with Gasteiger partial charge in [0.15, 0.2) is 10.9 Å². The minimum absolute atomic E-state index is 0.566. The van der Waals surface area contributed by atoms with Crippen LogP contribution in [0.2, 0.25) is 0 Å². The van der Waals surface area contributed by atoms with Crippen molar-refractivity contribution in [3.05, 3.63) is 48.1 Å². The van der Waals surface area contributed by atoms with Crippen LogP contribution in [0.5, 0.6) is 5.75 Å². The molecule has 2 aromatic heterocycles. The number of benzene rings is 1. The van der Waals surface area contributed by atoms with Gasteiger partial charge in [-0.15, -0.1) is 0 Å². The SMILES string of the molecule is CNc1cc(C)nc(SCc2ncc(-c3cccc(OC)c3)o2)n1. The van der Waals surface area contributed by atoms with E-state index >= 15 is 0 Å². The van der Waals surface area contributed by atoms with E-state index in [1.54, 1.807) is 13.3 Å². The number of hydrogen-bond acceptors (Lipinski definition) is 7. The molecule has 3 aromatic rings. The molecular formula is C17H18N4O2S. The fraction of sp³-hybridized carbons (Fsp3) is 0.235. The van der Waals surface area contributed by atoms with Gasteiger partial charge in [0.1, 0.15) is 11.6 Å². The Morgan fingerprint density at radius 2 is 2.12 bits per heavy atom. The summed E-state index contributed by atoms with van der Waals surface area (Å²) in [6, 6.07) is 9.59. The van der Waals surface area contributed by atoms with Crippen LogP contribution in [0.4, 0.5) is 5.82 Å². The summed E-state index contributed by atoms with van der Waals surface area (Å²) in [5.74, 6) is 3.50. The number of methoxy groups -OCH3 is 1. The van der Waals surface area contributed by atoms with Gasteiger partial charge >= 0.3 is 0 Å². The molecule has 0 atom stereocenters. The molecule has 0 amide bonds. The third-order valence-corrected chi connectivity index (χ3v) is 4.15. The average molecular weight is 342 g/mol. The van der Waals surface area contributed by atoms with Gasteiger partial charge in [0.2, 0.25) is 5.89 Å². The van der Waals surface area contributed by atoms with Crippen LogP contribution in [0.1, 0.15) is 11.6 Å². The lowest BCUT2D eigenvalue weighted by Crippen LogP contribution is -1.97. The Morgan fingerprint density at radius 3 is 2.92 bits per heavy atom. The molecule has 1 aromatic carbocycles. The summed E-state index contributed by atoms with van der Waals surface area (Å²) < 4.78 is 11.1. The summed E-state index contributed by atoms with van der Waals surface area (Å²) >= 11 is 1.49. The Bertz CT molecular complexity index is 835. The van der Waals surface area contributed by atoms with Crippen LogP contribution in [-0.4, -0.2) is 29.1 Å². The van der Waals surface area contributed by atoms with Crippen molar-refractivity contribution in [1.82, 2.24) is 15.0 Å². The van der Waals surface area contributed by atoms with Crippen LogP contribution in [0.3, 0.4) is 0 Å². The summed E-state index contributed by atoms with van der Waals surface area (Å²) in [6.45, 7) is 1.94. The molecule has 6 nitrogen and oxygen atoms in total. The van der Waals surface area contributed by atoms with Crippen molar-refractivity contribution in [2.45, 2.75) is 17.8 Å². The van der Waals surface area contributed by atoms with Crippen LogP contribution in [0, 0.1) is 6.92 Å². The van der Waals surface area contributed by atoms with Gasteiger partial charge in [-0.1, -0.05) is 23.9 Å². The number of oxazole rings is 1. The first-order valence-corrected chi connectivity index (χ1v) is 8.42. The third-order valence-electron chi connectivity index (χ3n) is 3.32. The Labute approximate surface area is 144 Å². The zero-order valence-corrected chi connectivity index (χ0v) is 14.6. The van der Waals surface area contributed by atoms with Crippen molar-refractivity contribution < 1.29 is 9.15 Å². The smallest absolute Gasteiger partial charge is 0.205 e. The highest BCUT2D eigenvalue weighted by Crippen LogP contribution is 2.27. The minimum Gasteiger partial charge on any atom is -0.497 e. The highest BCUT2D eigenvalue weighted by molar-refractivity contribution is 7.98. The molecule has 124 valence electrons. The van der Waals surface area contributed by atoms with Gasteiger partial charge in [0, 0.05) is 24.4 Å². The van der Waals surface area contributed by atoms with Crippen molar-refractivity contribution >= 4 is 17.6 Å². The predicted molar refractivity (Wildman–Crippen MR) is 94.4 cm³/mol. The maximum Gasteiger partial charge on any atom is 0.205 e. The maximum absolute atomic E-state index is 5.82. The van der Waals surface area contributed by atoms with Gasteiger partial charge in [0.25, 0.3) is 0 Å². The average Bonchev–Trinajstić information content (AvgIpc) is 3.08. The molecule has 0 unspecified atom stereocenters. The van der Waals surface area contributed by atoms with Gasteiger partial charge < -0.3 is 14.5 Å². The lowest BCUT2D eigenvalue weighted by molar-refractivity contribution is 0.414. The van der Waals surface area contributed by atoms with E-state index in [1.807, 2.05) is 44.3 Å². The van der Waals surface area contributed by atoms with Gasteiger partial charge in [-0.05, 0) is 19.1 Å². The Kier molecular flexibility index (Phi) is 5.00. The van der Waals surface area contributed by atoms with E-state index in [1.165, 1.54) is 11.8 Å². The molecule has 2 heterocycles. The molecule has 0 saturated heterocycles. The number of nitrogens with zero attached hydrogens (tertiary/aromatic N) is 3. The highest BCUT2D eigenvalue weighted by atomic mass is 32.2. The van der Waals surface area contributed by atoms with Crippen molar-refractivity contribution in [2.24, 2.45) is 0 Å². The predicted octanol–water partition coefficient (Wildman–Crippen LogP) is 3.78. The lowest BCUT2D eigenvalue weighted by Gasteiger charge is -2.04. The zero-order valence-electron chi connectivity index (χ0n) is 13.7. The molecule has 0 spiro atoms. The number of nitrogens with one attached hydrogen (secondary N) is 1. The molecule has 24 heavy (non-hydrogen) atoms. The van der Waals surface area contributed by atoms with Crippen LogP contribution in [-0.2, 0) is 5.75 Å². The second-order valence-corrected chi connectivity index (χ2v) is 6.01. The normalized spacial score (nSPS) is 10.6. The van der Waals surface area contributed by atoms with Crippen molar-refractivity contribution in [3.8, 4) is 17.1 Å². The first-order valence-electron chi connectivity index (χ1n) is 7.43. The summed E-state index contributed by atoms with van der Waals surface area (Å²) in [4.78, 5) is 13.1. The van der Waals surface area contributed by atoms with E-state index in [-0.39, 0.29) is 0 Å². The first-order chi connectivity index (χ1) is 11.7. The van der Waals surface area contributed by atoms with Gasteiger partial charge in [-0.3, -0.25) is 0 Å². The van der Waals surface area contributed by atoms with Crippen molar-refractivity contribution in [1.29, 1.82) is 0 Å². The largest absolute Gasteiger partial charge is 0.497 e. The standard InChI is InChI=1S/C17H18N4O2S/c1-11-7-15(18-2)21-17(20-11)24-10-16-19-9-14(23-16)12-5-4-6-13(8-12)22-3/h4-9H,10H2,1-3H3,(H,18,20,21). The number of thioether (sulfide) groups is 1. The van der Waals surface area contributed by atoms with Crippen LogP contribution < -0.4 is 10.1 Å². The lowest BCUT2D eigenvalue weighted by atomic mass is 10.2. The fourth-order valence-electron chi connectivity index (χ4n) is 2.15. The van der Waals surface area contributed by atoms with E-state index in [9.17, 15) is 0 Å². The van der Waals surface area contributed by atoms with E-state index in [0.29, 0.717) is 22.6 Å². The molecule has 0 aliphatic carbocycles. The van der Waals surface area contributed by atoms with E-state index in [0.717, 1.165) is 22.8 Å². The summed E-state index contributed by atoms with van der Waals surface area (Å²) in [5, 5.41) is 3.72. The number of aryl methyl sites for hydroxylation is 1. The van der Waals surface area contributed by atoms with Gasteiger partial charge in [-0.2, -0.15) is 0 Å². The molecule has 1 N–H and O–H groups in total. The third kappa shape index (κ3) is 3.86. The van der Waals surface area contributed by atoms with Crippen LogP contribution in [0.25, 0.3) is 11.3 Å². The van der Waals surface area contributed by atoms with Crippen LogP contribution >= 0.6 is 11.8 Å². The summed E-state index contributed by atoms with van der Waals surface area (Å²) in [6.07, 6.45) is 1.72. The van der Waals surface area contributed by atoms with Gasteiger partial charge in [0.05, 0.1) is 19.1 Å². The number of aromatic nitrogens is 3. The second-order valence-electron chi connectivity index (χ2n) is 5.07. The molecule has 0 fully saturated rings. The molecule has 0 bridgehead atoms. The topological polar surface area (TPSA) is 73.1 Å². The fourth-order valence-corrected chi connectivity index (χ4v) is 2.90. The Morgan fingerprint density at radius 1 is 1.25 bits per heavy atom. The van der Waals surface area contributed by atoms with Crippen LogP contribution in [0.15, 0.2) is 46.1 Å². The van der Waals surface area contributed by atoms with Crippen molar-refractivity contribution in [3.63, 3.8) is 0 Å². The van der Waals surface area contributed by atoms with E-state index < -0.39 is 0 Å². The number of anilines is 1. The number of ether oxygens (including phenoxy) is 1. The minimum atomic E-state index is 0.566. The molecular weight excluding hydrogens is 324 g/mol. The molecule has 0 aliphatic heterocycles. The van der Waals surface area contributed by atoms with E-state index in [4.69, 9.17) is 9.15 Å². The quantitative estimate of drug-likeness (QED) is 0.540. The molecule has 0 aliphatic rings. The zero-order chi connectivity index (χ0) is 16.9. The van der Waals surface area contributed by atoms with Crippen molar-refractivity contribution in [2.75, 3.05) is 19.5 Å². The highest BCUT2D eigenvalue weighted by Gasteiger charge is 2.09. The van der Waals surface area contributed by atoms with Gasteiger partial charge in [-0.25, -0.2) is 15.0 Å². The number of rotatable bonds is 6. The molecule has 3 rings (SSSR count). The molecule has 0 saturated carbocycles. The monoisotopic (exact) mass is 342 g/mol. The number of hydrogen-bond donors (Lipinski definition) is 1.